The molecule has 2 aromatic rings. The van der Waals surface area contributed by atoms with Crippen LogP contribution in [0.5, 0.6) is 0 Å². The molecule has 3 rings (SSSR count). The van der Waals surface area contributed by atoms with Crippen LogP contribution in [0.25, 0.3) is 0 Å². The Labute approximate surface area is 146 Å². The molecule has 1 aromatic heterocycles. The average molecular weight is 345 g/mol. The summed E-state index contributed by atoms with van der Waals surface area (Å²) in [6, 6.07) is 8.99. The number of aromatic amines is 1. The molecule has 1 atom stereocenters. The Morgan fingerprint density at radius 2 is 2.04 bits per heavy atom. The second-order valence-electron chi connectivity index (χ2n) is 6.48. The molecule has 24 heavy (non-hydrogen) atoms. The number of Topliss-reactive ketones (excluding diaryl/α,β-unsaturated/α-hetero) is 1. The number of ketones is 1. The fourth-order valence-corrected chi connectivity index (χ4v) is 3.55. The van der Waals surface area contributed by atoms with Gasteiger partial charge in [0.05, 0.1) is 0 Å². The standard InChI is InChI=1S/C19H21ClN2O2/c1-12-9-13(2)21-17(12)19(24)22-8-4-6-15(11-22)18(23)14-5-3-7-16(20)10-14/h3,5,7,9-10,15,21H,4,6,8,11H2,1-2H3/t15-/m0/s1. The van der Waals surface area contributed by atoms with E-state index in [1.54, 1.807) is 29.2 Å². The van der Waals surface area contributed by atoms with E-state index in [1.807, 2.05) is 19.9 Å². The largest absolute Gasteiger partial charge is 0.354 e. The van der Waals surface area contributed by atoms with E-state index in [9.17, 15) is 9.59 Å². The van der Waals surface area contributed by atoms with Crippen molar-refractivity contribution in [2.24, 2.45) is 5.92 Å². The first-order valence-electron chi connectivity index (χ1n) is 8.21. The lowest BCUT2D eigenvalue weighted by molar-refractivity contribution is 0.0632. The molecule has 5 heteroatoms. The number of hydrogen-bond acceptors (Lipinski definition) is 2. The average Bonchev–Trinajstić information content (AvgIpc) is 2.92. The Balaban J connectivity index is 1.75. The van der Waals surface area contributed by atoms with Crippen LogP contribution in [0, 0.1) is 19.8 Å². The monoisotopic (exact) mass is 344 g/mol. The normalized spacial score (nSPS) is 17.8. The molecule has 1 aliphatic heterocycles. The second kappa shape index (κ2) is 6.81. The molecule has 0 bridgehead atoms. The lowest BCUT2D eigenvalue weighted by Gasteiger charge is -2.32. The van der Waals surface area contributed by atoms with E-state index in [0.717, 1.165) is 24.1 Å². The number of nitrogens with zero attached hydrogens (tertiary/aromatic N) is 1. The van der Waals surface area contributed by atoms with Crippen LogP contribution in [-0.2, 0) is 0 Å². The van der Waals surface area contributed by atoms with Crippen LogP contribution >= 0.6 is 11.6 Å². The van der Waals surface area contributed by atoms with Crippen molar-refractivity contribution in [2.75, 3.05) is 13.1 Å². The van der Waals surface area contributed by atoms with Crippen LogP contribution in [0.4, 0.5) is 0 Å². The molecule has 0 radical (unpaired) electrons. The summed E-state index contributed by atoms with van der Waals surface area (Å²) in [6.07, 6.45) is 1.64. The van der Waals surface area contributed by atoms with Gasteiger partial charge in [0, 0.05) is 35.3 Å². The van der Waals surface area contributed by atoms with Crippen molar-refractivity contribution in [1.82, 2.24) is 9.88 Å². The maximum Gasteiger partial charge on any atom is 0.270 e. The summed E-state index contributed by atoms with van der Waals surface area (Å²) in [5.74, 6) is -0.129. The molecule has 1 amide bonds. The topological polar surface area (TPSA) is 53.2 Å². The van der Waals surface area contributed by atoms with Crippen molar-refractivity contribution in [3.05, 3.63) is 57.9 Å². The first-order chi connectivity index (χ1) is 11.5. The highest BCUT2D eigenvalue weighted by Crippen LogP contribution is 2.24. The van der Waals surface area contributed by atoms with Crippen molar-refractivity contribution in [2.45, 2.75) is 26.7 Å². The van der Waals surface area contributed by atoms with Crippen molar-refractivity contribution in [3.63, 3.8) is 0 Å². The predicted octanol–water partition coefficient (Wildman–Crippen LogP) is 4.02. The Morgan fingerprint density at radius 1 is 1.25 bits per heavy atom. The third-order valence-electron chi connectivity index (χ3n) is 4.55. The summed E-state index contributed by atoms with van der Waals surface area (Å²) < 4.78 is 0. The molecule has 1 fully saturated rings. The molecule has 0 spiro atoms. The number of hydrogen-bond donors (Lipinski definition) is 1. The molecule has 1 N–H and O–H groups in total. The maximum atomic E-state index is 12.8. The van der Waals surface area contributed by atoms with Gasteiger partial charge in [0.1, 0.15) is 5.69 Å². The fraction of sp³-hybridized carbons (Fsp3) is 0.368. The van der Waals surface area contributed by atoms with Gasteiger partial charge in [-0.2, -0.15) is 0 Å². The van der Waals surface area contributed by atoms with E-state index in [-0.39, 0.29) is 17.6 Å². The molecule has 1 aromatic carbocycles. The number of amides is 1. The van der Waals surface area contributed by atoms with Gasteiger partial charge < -0.3 is 9.88 Å². The molecule has 1 saturated heterocycles. The first kappa shape index (κ1) is 16.8. The molecule has 1 aliphatic rings. The van der Waals surface area contributed by atoms with Gasteiger partial charge in [-0.15, -0.1) is 0 Å². The highest BCUT2D eigenvalue weighted by molar-refractivity contribution is 6.31. The summed E-state index contributed by atoms with van der Waals surface area (Å²) in [5.41, 5.74) is 3.16. The van der Waals surface area contributed by atoms with Crippen LogP contribution in [-0.4, -0.2) is 34.7 Å². The Morgan fingerprint density at radius 3 is 2.71 bits per heavy atom. The van der Waals surface area contributed by atoms with Crippen LogP contribution in [0.1, 0.15) is 44.9 Å². The molecule has 2 heterocycles. The van der Waals surface area contributed by atoms with Gasteiger partial charge >= 0.3 is 0 Å². The highest BCUT2D eigenvalue weighted by Gasteiger charge is 2.30. The van der Waals surface area contributed by atoms with Gasteiger partial charge in [-0.05, 0) is 50.5 Å². The summed E-state index contributed by atoms with van der Waals surface area (Å²) in [6.45, 7) is 5.01. The summed E-state index contributed by atoms with van der Waals surface area (Å²) in [4.78, 5) is 30.4. The minimum Gasteiger partial charge on any atom is -0.354 e. The smallest absolute Gasteiger partial charge is 0.270 e. The highest BCUT2D eigenvalue weighted by atomic mass is 35.5. The molecule has 0 unspecified atom stereocenters. The molecular weight excluding hydrogens is 324 g/mol. The number of benzene rings is 1. The quantitative estimate of drug-likeness (QED) is 0.855. The summed E-state index contributed by atoms with van der Waals surface area (Å²) in [5, 5.41) is 0.557. The van der Waals surface area contributed by atoms with Gasteiger partial charge in [-0.1, -0.05) is 23.7 Å². The molecule has 4 nitrogen and oxygen atoms in total. The predicted molar refractivity (Wildman–Crippen MR) is 94.7 cm³/mol. The zero-order valence-electron chi connectivity index (χ0n) is 13.9. The molecule has 126 valence electrons. The minimum atomic E-state index is -0.169. The molecule has 0 aliphatic carbocycles. The first-order valence-corrected chi connectivity index (χ1v) is 8.59. The zero-order valence-corrected chi connectivity index (χ0v) is 14.7. The van der Waals surface area contributed by atoms with Crippen LogP contribution in [0.3, 0.4) is 0 Å². The zero-order chi connectivity index (χ0) is 17.3. The SMILES string of the molecule is Cc1cc(C)c(C(=O)N2CCC[C@H](C(=O)c3cccc(Cl)c3)C2)[nH]1. The van der Waals surface area contributed by atoms with Crippen LogP contribution in [0.2, 0.25) is 5.02 Å². The van der Waals surface area contributed by atoms with E-state index < -0.39 is 0 Å². The number of likely N-dealkylation sites (tertiary alicyclic amines) is 1. The number of H-pyrrole nitrogens is 1. The third kappa shape index (κ3) is 3.39. The molecular formula is C19H21ClN2O2. The summed E-state index contributed by atoms with van der Waals surface area (Å²) >= 11 is 5.99. The maximum absolute atomic E-state index is 12.8. The van der Waals surface area contributed by atoms with E-state index in [1.165, 1.54) is 0 Å². The van der Waals surface area contributed by atoms with Crippen molar-refractivity contribution in [3.8, 4) is 0 Å². The minimum absolute atomic E-state index is 0.0239. The van der Waals surface area contributed by atoms with Gasteiger partial charge in [0.15, 0.2) is 5.78 Å². The second-order valence-corrected chi connectivity index (χ2v) is 6.91. The number of aromatic nitrogens is 1. The van der Waals surface area contributed by atoms with Gasteiger partial charge in [0.2, 0.25) is 0 Å². The Kier molecular flexibility index (Phi) is 4.76. The van der Waals surface area contributed by atoms with Crippen molar-refractivity contribution < 1.29 is 9.59 Å². The number of piperidine rings is 1. The number of aryl methyl sites for hydroxylation is 2. The van der Waals surface area contributed by atoms with Gasteiger partial charge in [-0.25, -0.2) is 0 Å². The van der Waals surface area contributed by atoms with E-state index in [0.29, 0.717) is 29.4 Å². The Hall–Kier alpha value is -2.07. The fourth-order valence-electron chi connectivity index (χ4n) is 3.36. The van der Waals surface area contributed by atoms with E-state index in [4.69, 9.17) is 11.6 Å². The van der Waals surface area contributed by atoms with E-state index >= 15 is 0 Å². The van der Waals surface area contributed by atoms with Gasteiger partial charge in [-0.3, -0.25) is 9.59 Å². The lowest BCUT2D eigenvalue weighted by Crippen LogP contribution is -2.42. The number of halogens is 1. The van der Waals surface area contributed by atoms with Crippen molar-refractivity contribution in [1.29, 1.82) is 0 Å². The number of carbonyl (C=O) groups excluding carboxylic acids is 2. The van der Waals surface area contributed by atoms with Crippen LogP contribution < -0.4 is 0 Å². The third-order valence-corrected chi connectivity index (χ3v) is 4.79. The molecule has 0 saturated carbocycles. The Bertz CT molecular complexity index is 781. The van der Waals surface area contributed by atoms with E-state index in [2.05, 4.69) is 4.98 Å². The number of carbonyl (C=O) groups is 2. The number of nitrogens with one attached hydrogen (secondary N) is 1. The van der Waals surface area contributed by atoms with Crippen LogP contribution in [0.15, 0.2) is 30.3 Å². The van der Waals surface area contributed by atoms with Gasteiger partial charge in [0.25, 0.3) is 5.91 Å². The number of rotatable bonds is 3. The lowest BCUT2D eigenvalue weighted by atomic mass is 9.90. The summed E-state index contributed by atoms with van der Waals surface area (Å²) in [7, 11) is 0. The van der Waals surface area contributed by atoms with Crippen molar-refractivity contribution >= 4 is 23.3 Å².